The molecular weight excluding hydrogens is 429 g/mol. The fourth-order valence-electron chi connectivity index (χ4n) is 3.69. The normalized spacial score (nSPS) is 21.5. The van der Waals surface area contributed by atoms with Gasteiger partial charge in [-0.2, -0.15) is 0 Å². The van der Waals surface area contributed by atoms with E-state index in [-0.39, 0.29) is 29.9 Å². The van der Waals surface area contributed by atoms with E-state index < -0.39 is 0 Å². The van der Waals surface area contributed by atoms with Gasteiger partial charge in [-0.05, 0) is 33.2 Å². The van der Waals surface area contributed by atoms with E-state index >= 15 is 0 Å². The highest BCUT2D eigenvalue weighted by atomic mass is 127. The maximum absolute atomic E-state index is 11.8. The highest BCUT2D eigenvalue weighted by Crippen LogP contribution is 2.21. The van der Waals surface area contributed by atoms with Gasteiger partial charge in [-0.1, -0.05) is 19.8 Å². The van der Waals surface area contributed by atoms with Crippen LogP contribution in [0.2, 0.25) is 0 Å². The lowest BCUT2D eigenvalue weighted by atomic mass is 10.2. The van der Waals surface area contributed by atoms with Crippen molar-refractivity contribution in [3.63, 3.8) is 0 Å². The fourth-order valence-corrected chi connectivity index (χ4v) is 3.69. The highest BCUT2D eigenvalue weighted by molar-refractivity contribution is 14.0. The summed E-state index contributed by atoms with van der Waals surface area (Å²) in [5.41, 5.74) is 0. The number of likely N-dealkylation sites (N-methyl/N-ethyl adjacent to an activating group) is 1. The topological polar surface area (TPSA) is 60.0 Å². The molecule has 1 aliphatic carbocycles. The molecular formula is C18H36IN5O. The van der Waals surface area contributed by atoms with Gasteiger partial charge in [-0.25, -0.2) is 0 Å². The quantitative estimate of drug-likeness (QED) is 0.343. The molecule has 146 valence electrons. The molecule has 2 rings (SSSR count). The minimum atomic E-state index is 0. The highest BCUT2D eigenvalue weighted by Gasteiger charge is 2.25. The summed E-state index contributed by atoms with van der Waals surface area (Å²) in [6.45, 7) is 8.33. The molecule has 2 aliphatic rings. The molecule has 1 amide bonds. The Morgan fingerprint density at radius 3 is 2.60 bits per heavy atom. The van der Waals surface area contributed by atoms with Gasteiger partial charge >= 0.3 is 0 Å². The number of carbonyl (C=O) groups is 1. The van der Waals surface area contributed by atoms with Gasteiger partial charge in [0.05, 0.1) is 6.54 Å². The first kappa shape index (κ1) is 22.5. The van der Waals surface area contributed by atoms with Crippen molar-refractivity contribution in [2.75, 3.05) is 39.8 Å². The lowest BCUT2D eigenvalue weighted by Crippen LogP contribution is -2.45. The molecule has 1 saturated carbocycles. The Labute approximate surface area is 170 Å². The van der Waals surface area contributed by atoms with Crippen LogP contribution in [0, 0.1) is 0 Å². The summed E-state index contributed by atoms with van der Waals surface area (Å²) in [6.07, 6.45) is 7.00. The first-order chi connectivity index (χ1) is 11.6. The monoisotopic (exact) mass is 465 g/mol. The molecule has 1 aliphatic heterocycles. The Hall–Kier alpha value is -0.570. The molecule has 25 heavy (non-hydrogen) atoms. The molecule has 0 bridgehead atoms. The van der Waals surface area contributed by atoms with Crippen LogP contribution in [0.5, 0.6) is 0 Å². The van der Waals surface area contributed by atoms with Crippen LogP contribution in [0.15, 0.2) is 4.99 Å². The molecule has 1 heterocycles. The van der Waals surface area contributed by atoms with Crippen molar-refractivity contribution in [1.29, 1.82) is 0 Å². The third kappa shape index (κ3) is 7.29. The second-order valence-electron chi connectivity index (χ2n) is 7.00. The molecule has 0 radical (unpaired) electrons. The number of aliphatic imine (C=N–C) groups is 1. The number of likely N-dealkylation sites (tertiary alicyclic amines) is 1. The van der Waals surface area contributed by atoms with Crippen LogP contribution in [0.1, 0.15) is 52.4 Å². The van der Waals surface area contributed by atoms with E-state index in [9.17, 15) is 4.79 Å². The molecule has 2 fully saturated rings. The van der Waals surface area contributed by atoms with Gasteiger partial charge in [0.1, 0.15) is 0 Å². The Morgan fingerprint density at radius 2 is 1.96 bits per heavy atom. The molecule has 2 N–H and O–H groups in total. The van der Waals surface area contributed by atoms with E-state index in [1.165, 1.54) is 25.7 Å². The van der Waals surface area contributed by atoms with E-state index in [0.717, 1.165) is 51.1 Å². The number of carbonyl (C=O) groups excluding carboxylic acids is 1. The van der Waals surface area contributed by atoms with Gasteiger partial charge in [0.25, 0.3) is 0 Å². The summed E-state index contributed by atoms with van der Waals surface area (Å²) in [4.78, 5) is 20.9. The van der Waals surface area contributed by atoms with Gasteiger partial charge < -0.3 is 20.4 Å². The zero-order chi connectivity index (χ0) is 17.4. The molecule has 1 saturated heterocycles. The Bertz CT molecular complexity index is 426. The van der Waals surface area contributed by atoms with Crippen molar-refractivity contribution in [3.05, 3.63) is 0 Å². The van der Waals surface area contributed by atoms with E-state index in [4.69, 9.17) is 4.99 Å². The Kier molecular flexibility index (Phi) is 10.7. The van der Waals surface area contributed by atoms with Crippen molar-refractivity contribution in [2.24, 2.45) is 4.99 Å². The molecule has 0 aromatic carbocycles. The predicted octanol–water partition coefficient (Wildman–Crippen LogP) is 2.04. The maximum Gasteiger partial charge on any atom is 0.222 e. The summed E-state index contributed by atoms with van der Waals surface area (Å²) >= 11 is 0. The van der Waals surface area contributed by atoms with E-state index in [2.05, 4.69) is 29.5 Å². The van der Waals surface area contributed by atoms with Gasteiger partial charge in [-0.3, -0.25) is 9.79 Å². The van der Waals surface area contributed by atoms with Gasteiger partial charge in [0, 0.05) is 44.7 Å². The SMILES string of the molecule is CCNC(=NCCN(C)C1CCCC1)NC1CCN(C(=O)CC)C1.I. The number of halogens is 1. The zero-order valence-corrected chi connectivity index (χ0v) is 18.4. The second kappa shape index (κ2) is 11.9. The standard InChI is InChI=1S/C18H35N5O.HI/c1-4-17(24)23-12-10-15(14-23)21-18(19-5-2)20-11-13-22(3)16-8-6-7-9-16;/h15-16H,4-14H2,1-3H3,(H2,19,20,21);1H. The van der Waals surface area contributed by atoms with Crippen LogP contribution in [-0.2, 0) is 4.79 Å². The molecule has 1 unspecified atom stereocenters. The Balaban J connectivity index is 0.00000312. The number of guanidine groups is 1. The van der Waals surface area contributed by atoms with Crippen molar-refractivity contribution in [1.82, 2.24) is 20.4 Å². The minimum absolute atomic E-state index is 0. The van der Waals surface area contributed by atoms with Crippen LogP contribution in [0.4, 0.5) is 0 Å². The van der Waals surface area contributed by atoms with E-state index in [0.29, 0.717) is 12.5 Å². The summed E-state index contributed by atoms with van der Waals surface area (Å²) in [5.74, 6) is 1.13. The van der Waals surface area contributed by atoms with Crippen LogP contribution < -0.4 is 10.6 Å². The largest absolute Gasteiger partial charge is 0.357 e. The van der Waals surface area contributed by atoms with Crippen molar-refractivity contribution in [2.45, 2.75) is 64.5 Å². The Morgan fingerprint density at radius 1 is 1.24 bits per heavy atom. The number of rotatable bonds is 7. The van der Waals surface area contributed by atoms with Crippen LogP contribution in [-0.4, -0.2) is 73.5 Å². The third-order valence-corrected chi connectivity index (χ3v) is 5.20. The number of nitrogens with zero attached hydrogens (tertiary/aromatic N) is 3. The van der Waals surface area contributed by atoms with Crippen molar-refractivity contribution in [3.8, 4) is 0 Å². The molecule has 6 nitrogen and oxygen atoms in total. The van der Waals surface area contributed by atoms with Crippen molar-refractivity contribution < 1.29 is 4.79 Å². The first-order valence-corrected chi connectivity index (χ1v) is 9.66. The molecule has 0 aromatic rings. The van der Waals surface area contributed by atoms with Gasteiger partial charge in [-0.15, -0.1) is 24.0 Å². The van der Waals surface area contributed by atoms with E-state index in [1.807, 2.05) is 11.8 Å². The summed E-state index contributed by atoms with van der Waals surface area (Å²) in [7, 11) is 2.22. The van der Waals surface area contributed by atoms with Gasteiger partial charge in [0.15, 0.2) is 5.96 Å². The average molecular weight is 465 g/mol. The lowest BCUT2D eigenvalue weighted by Gasteiger charge is -2.23. The summed E-state index contributed by atoms with van der Waals surface area (Å²) in [6, 6.07) is 1.06. The van der Waals surface area contributed by atoms with Crippen LogP contribution in [0.25, 0.3) is 0 Å². The molecule has 0 spiro atoms. The number of nitrogens with one attached hydrogen (secondary N) is 2. The van der Waals surface area contributed by atoms with Crippen LogP contribution in [0.3, 0.4) is 0 Å². The van der Waals surface area contributed by atoms with Crippen LogP contribution >= 0.6 is 24.0 Å². The molecule has 7 heteroatoms. The number of amides is 1. The predicted molar refractivity (Wildman–Crippen MR) is 115 cm³/mol. The molecule has 0 aromatic heterocycles. The van der Waals surface area contributed by atoms with E-state index in [1.54, 1.807) is 0 Å². The second-order valence-corrected chi connectivity index (χ2v) is 7.00. The minimum Gasteiger partial charge on any atom is -0.357 e. The number of hydrogen-bond acceptors (Lipinski definition) is 3. The summed E-state index contributed by atoms with van der Waals surface area (Å²) in [5, 5.41) is 6.82. The fraction of sp³-hybridized carbons (Fsp3) is 0.889. The average Bonchev–Trinajstić information content (AvgIpc) is 3.26. The maximum atomic E-state index is 11.8. The third-order valence-electron chi connectivity index (χ3n) is 5.20. The zero-order valence-electron chi connectivity index (χ0n) is 16.1. The van der Waals surface area contributed by atoms with Crippen molar-refractivity contribution >= 4 is 35.8 Å². The first-order valence-electron chi connectivity index (χ1n) is 9.66. The smallest absolute Gasteiger partial charge is 0.222 e. The molecule has 1 atom stereocenters. The lowest BCUT2D eigenvalue weighted by molar-refractivity contribution is -0.129. The van der Waals surface area contributed by atoms with Gasteiger partial charge in [0.2, 0.25) is 5.91 Å². The number of hydrogen-bond donors (Lipinski definition) is 2. The summed E-state index contributed by atoms with van der Waals surface area (Å²) < 4.78 is 0.